The molecule has 0 saturated heterocycles. The van der Waals surface area contributed by atoms with Crippen molar-refractivity contribution in [1.29, 1.82) is 0 Å². The van der Waals surface area contributed by atoms with Crippen LogP contribution in [-0.4, -0.2) is 31.0 Å². The van der Waals surface area contributed by atoms with Crippen molar-refractivity contribution in [2.45, 2.75) is 17.9 Å². The van der Waals surface area contributed by atoms with E-state index in [-0.39, 0.29) is 6.61 Å². The Kier molecular flexibility index (Phi) is 5.31. The lowest BCUT2D eigenvalue weighted by Crippen LogP contribution is -2.15. The zero-order valence-electron chi connectivity index (χ0n) is 10.1. The molecule has 0 amide bonds. The molecule has 1 N–H and O–H groups in total. The van der Waals surface area contributed by atoms with Crippen LogP contribution in [0.25, 0.3) is 0 Å². The van der Waals surface area contributed by atoms with Crippen LogP contribution in [0.1, 0.15) is 18.6 Å². The van der Waals surface area contributed by atoms with Crippen molar-refractivity contribution in [2.75, 3.05) is 20.0 Å². The van der Waals surface area contributed by atoms with Crippen molar-refractivity contribution in [3.63, 3.8) is 0 Å². The number of aliphatic hydroxyl groups is 1. The zero-order chi connectivity index (χ0) is 12.8. The first kappa shape index (κ1) is 13.9. The topological polar surface area (TPSA) is 55.8 Å². The highest BCUT2D eigenvalue weighted by Gasteiger charge is 2.19. The highest BCUT2D eigenvalue weighted by Crippen LogP contribution is 2.30. The summed E-state index contributed by atoms with van der Waals surface area (Å²) in [4.78, 5) is 12.3. The highest BCUT2D eigenvalue weighted by atomic mass is 32.2. The minimum absolute atomic E-state index is 0.246. The molecule has 0 saturated carbocycles. The number of methoxy groups -OCH3 is 1. The summed E-state index contributed by atoms with van der Waals surface area (Å²) < 4.78 is 9.94. The molecule has 0 aliphatic carbocycles. The van der Waals surface area contributed by atoms with Crippen LogP contribution in [0.15, 0.2) is 23.1 Å². The normalized spacial score (nSPS) is 12.0. The summed E-state index contributed by atoms with van der Waals surface area (Å²) in [6.07, 6.45) is 0.666. The number of esters is 1. The van der Waals surface area contributed by atoms with E-state index >= 15 is 0 Å². The van der Waals surface area contributed by atoms with Crippen LogP contribution in [0.2, 0.25) is 0 Å². The zero-order valence-corrected chi connectivity index (χ0v) is 10.9. The second-order valence-corrected chi connectivity index (χ2v) is 4.12. The molecule has 0 heterocycles. The molecule has 0 radical (unpaired) electrons. The van der Waals surface area contributed by atoms with Crippen LogP contribution in [0.5, 0.6) is 5.75 Å². The smallest absolute Gasteiger partial charge is 0.339 e. The van der Waals surface area contributed by atoms with Crippen LogP contribution in [0, 0.1) is 0 Å². The highest BCUT2D eigenvalue weighted by molar-refractivity contribution is 7.98. The Bertz CT molecular complexity index is 392. The second kappa shape index (κ2) is 6.51. The second-order valence-electron chi connectivity index (χ2n) is 3.27. The Hall–Kier alpha value is -1.20. The molecule has 1 atom stereocenters. The van der Waals surface area contributed by atoms with Crippen molar-refractivity contribution in [3.05, 3.63) is 23.8 Å². The maximum Gasteiger partial charge on any atom is 0.339 e. The van der Waals surface area contributed by atoms with Gasteiger partial charge in [-0.15, -0.1) is 11.8 Å². The summed E-state index contributed by atoms with van der Waals surface area (Å²) in [5.74, 6) is -0.00944. The summed E-state index contributed by atoms with van der Waals surface area (Å²) in [7, 11) is 1.55. The van der Waals surface area contributed by atoms with Gasteiger partial charge in [-0.05, 0) is 30.9 Å². The Morgan fingerprint density at radius 1 is 1.53 bits per heavy atom. The number of carbonyl (C=O) groups is 1. The number of carbonyl (C=O) groups excluding carboxylic acids is 1. The van der Waals surface area contributed by atoms with Crippen molar-refractivity contribution in [2.24, 2.45) is 0 Å². The monoisotopic (exact) mass is 256 g/mol. The maximum absolute atomic E-state index is 11.4. The van der Waals surface area contributed by atoms with Gasteiger partial charge in [0, 0.05) is 4.90 Å². The van der Waals surface area contributed by atoms with Crippen LogP contribution in [0.3, 0.4) is 0 Å². The molecule has 1 rings (SSSR count). The van der Waals surface area contributed by atoms with E-state index < -0.39 is 12.1 Å². The van der Waals surface area contributed by atoms with Crippen molar-refractivity contribution < 1.29 is 19.4 Å². The minimum atomic E-state index is -1.26. The van der Waals surface area contributed by atoms with Gasteiger partial charge in [-0.1, -0.05) is 6.07 Å². The molecule has 94 valence electrons. The lowest BCUT2D eigenvalue weighted by Gasteiger charge is -2.12. The molecule has 1 aromatic rings. The summed E-state index contributed by atoms with van der Waals surface area (Å²) in [5, 5.41) is 9.77. The molecule has 1 unspecified atom stereocenters. The van der Waals surface area contributed by atoms with Gasteiger partial charge in [0.2, 0.25) is 0 Å². The van der Waals surface area contributed by atoms with Gasteiger partial charge in [0.05, 0.1) is 13.7 Å². The molecule has 4 nitrogen and oxygen atoms in total. The van der Waals surface area contributed by atoms with Gasteiger partial charge in [0.25, 0.3) is 0 Å². The molecule has 0 aromatic heterocycles. The number of benzene rings is 1. The Labute approximate surface area is 105 Å². The average molecular weight is 256 g/mol. The summed E-state index contributed by atoms with van der Waals surface area (Å²) in [6.45, 7) is 1.94. The molecule has 5 heteroatoms. The van der Waals surface area contributed by atoms with E-state index in [4.69, 9.17) is 9.47 Å². The third kappa shape index (κ3) is 3.38. The van der Waals surface area contributed by atoms with E-state index in [2.05, 4.69) is 0 Å². The fourth-order valence-corrected chi connectivity index (χ4v) is 1.93. The Morgan fingerprint density at radius 2 is 2.24 bits per heavy atom. The number of thioether (sulfide) groups is 1. The van der Waals surface area contributed by atoms with E-state index in [0.29, 0.717) is 11.3 Å². The van der Waals surface area contributed by atoms with Gasteiger partial charge < -0.3 is 14.6 Å². The number of ether oxygens (including phenoxy) is 2. The molecule has 17 heavy (non-hydrogen) atoms. The van der Waals surface area contributed by atoms with E-state index in [1.165, 1.54) is 11.8 Å². The molecule has 0 fully saturated rings. The SMILES string of the molecule is CCOC(=O)C(O)c1ccc(SC)c(OC)c1. The standard InChI is InChI=1S/C12H16O4S/c1-4-16-12(14)11(13)8-5-6-10(17-3)9(7-8)15-2/h5-7,11,13H,4H2,1-3H3. The number of rotatable bonds is 5. The first-order valence-electron chi connectivity index (χ1n) is 5.20. The van der Waals surface area contributed by atoms with E-state index in [1.54, 1.807) is 32.2 Å². The van der Waals surface area contributed by atoms with Crippen LogP contribution in [-0.2, 0) is 9.53 Å². The molecule has 0 spiro atoms. The number of hydrogen-bond acceptors (Lipinski definition) is 5. The molecular weight excluding hydrogens is 240 g/mol. The minimum Gasteiger partial charge on any atom is -0.496 e. The predicted octanol–water partition coefficient (Wildman–Crippen LogP) is 2.01. The molecule has 1 aromatic carbocycles. The number of aliphatic hydroxyl groups excluding tert-OH is 1. The lowest BCUT2D eigenvalue weighted by molar-refractivity contribution is -0.153. The molecule has 0 bridgehead atoms. The third-order valence-electron chi connectivity index (χ3n) is 2.23. The van der Waals surface area contributed by atoms with Crippen molar-refractivity contribution >= 4 is 17.7 Å². The predicted molar refractivity (Wildman–Crippen MR) is 66.4 cm³/mol. The van der Waals surface area contributed by atoms with Crippen LogP contribution < -0.4 is 4.74 Å². The summed E-state index contributed by atoms with van der Waals surface area (Å²) in [6, 6.07) is 5.14. The Morgan fingerprint density at radius 3 is 2.76 bits per heavy atom. The molecular formula is C12H16O4S. The average Bonchev–Trinajstić information content (AvgIpc) is 2.37. The third-order valence-corrected chi connectivity index (χ3v) is 3.01. The van der Waals surface area contributed by atoms with Gasteiger partial charge in [0.15, 0.2) is 6.10 Å². The fourth-order valence-electron chi connectivity index (χ4n) is 1.38. The molecule has 0 aliphatic heterocycles. The number of hydrogen-bond donors (Lipinski definition) is 1. The van der Waals surface area contributed by atoms with Gasteiger partial charge >= 0.3 is 5.97 Å². The first-order valence-corrected chi connectivity index (χ1v) is 6.43. The van der Waals surface area contributed by atoms with Crippen molar-refractivity contribution in [3.8, 4) is 5.75 Å². The van der Waals surface area contributed by atoms with E-state index in [0.717, 1.165) is 4.90 Å². The largest absolute Gasteiger partial charge is 0.496 e. The summed E-state index contributed by atoms with van der Waals surface area (Å²) in [5.41, 5.74) is 0.470. The van der Waals surface area contributed by atoms with Gasteiger partial charge in [-0.25, -0.2) is 4.79 Å². The van der Waals surface area contributed by atoms with E-state index in [1.807, 2.05) is 6.26 Å². The lowest BCUT2D eigenvalue weighted by atomic mass is 10.1. The van der Waals surface area contributed by atoms with Gasteiger partial charge in [-0.2, -0.15) is 0 Å². The fraction of sp³-hybridized carbons (Fsp3) is 0.417. The Balaban J connectivity index is 2.95. The quantitative estimate of drug-likeness (QED) is 0.645. The van der Waals surface area contributed by atoms with Crippen LogP contribution in [0.4, 0.5) is 0 Å². The molecule has 0 aliphatic rings. The van der Waals surface area contributed by atoms with Gasteiger partial charge in [-0.3, -0.25) is 0 Å². The van der Waals surface area contributed by atoms with Gasteiger partial charge in [0.1, 0.15) is 5.75 Å². The van der Waals surface area contributed by atoms with Crippen molar-refractivity contribution in [1.82, 2.24) is 0 Å². The first-order chi connectivity index (χ1) is 8.13. The maximum atomic E-state index is 11.4. The van der Waals surface area contributed by atoms with Crippen LogP contribution >= 0.6 is 11.8 Å². The van der Waals surface area contributed by atoms with E-state index in [9.17, 15) is 9.90 Å². The summed E-state index contributed by atoms with van der Waals surface area (Å²) >= 11 is 1.54.